The van der Waals surface area contributed by atoms with Gasteiger partial charge in [-0.15, -0.1) is 0 Å². The van der Waals surface area contributed by atoms with E-state index in [2.05, 4.69) is 14.7 Å². The summed E-state index contributed by atoms with van der Waals surface area (Å²) in [5, 5.41) is 23.1. The molecule has 1 aliphatic carbocycles. The summed E-state index contributed by atoms with van der Waals surface area (Å²) < 4.78 is 2.09. The molecule has 1 saturated heterocycles. The molecule has 1 aliphatic heterocycles. The van der Waals surface area contributed by atoms with E-state index in [1.165, 1.54) is 12.8 Å². The number of hydrogen-bond acceptors (Lipinski definition) is 5. The molecular weight excluding hydrogens is 268 g/mol. The summed E-state index contributed by atoms with van der Waals surface area (Å²) in [7, 11) is 0. The normalized spacial score (nSPS) is 25.9. The van der Waals surface area contributed by atoms with E-state index in [1.54, 1.807) is 0 Å². The van der Waals surface area contributed by atoms with Crippen LogP contribution >= 0.6 is 0 Å². The quantitative estimate of drug-likeness (QED) is 0.746. The Hall–Kier alpha value is -1.63. The Balaban J connectivity index is 1.70. The maximum absolute atomic E-state index is 9.78. The highest BCUT2D eigenvalue weighted by atomic mass is 16.3. The number of fused-ring (bicyclic) bond motifs is 1. The highest BCUT2D eigenvalue weighted by Gasteiger charge is 2.33. The smallest absolute Gasteiger partial charge is 0.152 e. The Bertz CT molecular complexity index is 642. The number of aromatic nitrogens is 2. The van der Waals surface area contributed by atoms with Gasteiger partial charge < -0.3 is 24.8 Å². The molecule has 4 rings (SSSR count). The molecule has 112 valence electrons. The van der Waals surface area contributed by atoms with Crippen LogP contribution in [0, 0.1) is 0 Å². The van der Waals surface area contributed by atoms with E-state index in [-0.39, 0.29) is 0 Å². The molecule has 2 fully saturated rings. The number of hydrogen-bond donors (Lipinski definition) is 3. The molecule has 3 heterocycles. The monoisotopic (exact) mass is 288 g/mol. The second-order valence-corrected chi connectivity index (χ2v) is 6.01. The molecule has 6 nitrogen and oxygen atoms in total. The van der Waals surface area contributed by atoms with Gasteiger partial charge >= 0.3 is 0 Å². The van der Waals surface area contributed by atoms with Crippen molar-refractivity contribution >= 4 is 11.5 Å². The van der Waals surface area contributed by atoms with Crippen LogP contribution in [-0.4, -0.2) is 50.9 Å². The van der Waals surface area contributed by atoms with Crippen molar-refractivity contribution in [2.24, 2.45) is 0 Å². The third-order valence-corrected chi connectivity index (χ3v) is 4.30. The van der Waals surface area contributed by atoms with E-state index in [4.69, 9.17) is 0 Å². The van der Waals surface area contributed by atoms with Crippen LogP contribution in [-0.2, 0) is 6.54 Å². The van der Waals surface area contributed by atoms with Crippen LogP contribution in [0.4, 0.5) is 5.82 Å². The van der Waals surface area contributed by atoms with Crippen molar-refractivity contribution in [2.45, 2.75) is 37.6 Å². The van der Waals surface area contributed by atoms with Gasteiger partial charge in [0.25, 0.3) is 0 Å². The van der Waals surface area contributed by atoms with Crippen LogP contribution < -0.4 is 10.2 Å². The standard InChI is InChI=1S/C15H20N4O2/c20-12-8-18(9-13(12)21)15-11(7-16-10-4-5-10)19-6-2-1-3-14(19)17-15/h1-3,6,10,12-13,16,20-21H,4-5,7-9H2. The number of nitrogens with zero attached hydrogens (tertiary/aromatic N) is 3. The molecule has 0 aromatic carbocycles. The van der Waals surface area contributed by atoms with Gasteiger partial charge in [-0.3, -0.25) is 0 Å². The Morgan fingerprint density at radius 2 is 1.95 bits per heavy atom. The lowest BCUT2D eigenvalue weighted by atomic mass is 10.3. The molecule has 1 saturated carbocycles. The number of rotatable bonds is 4. The molecule has 0 amide bonds. The van der Waals surface area contributed by atoms with E-state index >= 15 is 0 Å². The first-order valence-electron chi connectivity index (χ1n) is 7.53. The van der Waals surface area contributed by atoms with Crippen molar-refractivity contribution < 1.29 is 10.2 Å². The van der Waals surface area contributed by atoms with Crippen LogP contribution in [0.5, 0.6) is 0 Å². The molecule has 2 aromatic rings. The van der Waals surface area contributed by atoms with Gasteiger partial charge in [-0.25, -0.2) is 4.98 Å². The lowest BCUT2D eigenvalue weighted by molar-refractivity contribution is 0.0572. The highest BCUT2D eigenvalue weighted by Crippen LogP contribution is 2.27. The van der Waals surface area contributed by atoms with Gasteiger partial charge in [0.05, 0.1) is 17.9 Å². The lowest BCUT2D eigenvalue weighted by Gasteiger charge is -2.17. The number of imidazole rings is 1. The van der Waals surface area contributed by atoms with Crippen LogP contribution in [0.25, 0.3) is 5.65 Å². The molecule has 21 heavy (non-hydrogen) atoms. The summed E-state index contributed by atoms with van der Waals surface area (Å²) in [6.45, 7) is 1.62. The zero-order valence-corrected chi connectivity index (χ0v) is 11.8. The first kappa shape index (κ1) is 13.1. The van der Waals surface area contributed by atoms with Gasteiger partial charge in [-0.05, 0) is 25.0 Å². The van der Waals surface area contributed by atoms with E-state index < -0.39 is 12.2 Å². The first-order valence-corrected chi connectivity index (χ1v) is 7.53. The zero-order valence-electron chi connectivity index (χ0n) is 11.8. The van der Waals surface area contributed by atoms with Crippen molar-refractivity contribution in [3.8, 4) is 0 Å². The van der Waals surface area contributed by atoms with Gasteiger partial charge in [0.2, 0.25) is 0 Å². The number of pyridine rings is 1. The highest BCUT2D eigenvalue weighted by molar-refractivity contribution is 5.56. The Labute approximate surface area is 123 Å². The van der Waals surface area contributed by atoms with Crippen molar-refractivity contribution in [1.29, 1.82) is 0 Å². The second-order valence-electron chi connectivity index (χ2n) is 6.01. The average Bonchev–Trinajstić information content (AvgIpc) is 3.15. The Morgan fingerprint density at radius 3 is 2.67 bits per heavy atom. The Morgan fingerprint density at radius 1 is 1.19 bits per heavy atom. The summed E-state index contributed by atoms with van der Waals surface area (Å²) in [6.07, 6.45) is 3.11. The van der Waals surface area contributed by atoms with E-state index in [1.807, 2.05) is 29.3 Å². The minimum atomic E-state index is -0.695. The number of aliphatic hydroxyl groups excluding tert-OH is 2. The maximum atomic E-state index is 9.78. The SMILES string of the molecule is OC1CN(c2nc3ccccn3c2CNC2CC2)CC1O. The predicted molar refractivity (Wildman–Crippen MR) is 79.3 cm³/mol. The molecule has 2 aromatic heterocycles. The van der Waals surface area contributed by atoms with Gasteiger partial charge in [0.15, 0.2) is 5.82 Å². The van der Waals surface area contributed by atoms with Crippen molar-refractivity contribution in [3.63, 3.8) is 0 Å². The largest absolute Gasteiger partial charge is 0.389 e. The first-order chi connectivity index (χ1) is 10.2. The molecule has 0 radical (unpaired) electrons. The van der Waals surface area contributed by atoms with Gasteiger partial charge in [0, 0.05) is 31.9 Å². The third-order valence-electron chi connectivity index (χ3n) is 4.30. The Kier molecular flexibility index (Phi) is 3.10. The second kappa shape index (κ2) is 4.98. The number of aliphatic hydroxyl groups is 2. The molecule has 2 aliphatic rings. The van der Waals surface area contributed by atoms with Crippen molar-refractivity contribution in [3.05, 3.63) is 30.1 Å². The molecule has 6 heteroatoms. The summed E-state index contributed by atoms with van der Waals surface area (Å²) in [5.74, 6) is 0.866. The van der Waals surface area contributed by atoms with E-state index in [0.717, 1.165) is 23.7 Å². The van der Waals surface area contributed by atoms with Gasteiger partial charge in [0.1, 0.15) is 5.65 Å². The number of nitrogens with one attached hydrogen (secondary N) is 1. The number of β-amino-alcohol motifs (C(OH)–C–C–N with tert-alkyl or cyclic N) is 2. The minimum Gasteiger partial charge on any atom is -0.389 e. The molecule has 3 N–H and O–H groups in total. The van der Waals surface area contributed by atoms with Crippen molar-refractivity contribution in [1.82, 2.24) is 14.7 Å². The summed E-state index contributed by atoms with van der Waals surface area (Å²) in [4.78, 5) is 6.67. The topological polar surface area (TPSA) is 73.0 Å². The van der Waals surface area contributed by atoms with Crippen LogP contribution in [0.15, 0.2) is 24.4 Å². The molecule has 0 spiro atoms. The van der Waals surface area contributed by atoms with E-state index in [9.17, 15) is 10.2 Å². The summed E-state index contributed by atoms with van der Waals surface area (Å²) in [6, 6.07) is 6.57. The van der Waals surface area contributed by atoms with Crippen LogP contribution in [0.3, 0.4) is 0 Å². The van der Waals surface area contributed by atoms with Gasteiger partial charge in [-0.2, -0.15) is 0 Å². The van der Waals surface area contributed by atoms with E-state index in [0.29, 0.717) is 19.1 Å². The van der Waals surface area contributed by atoms with Crippen molar-refractivity contribution in [2.75, 3.05) is 18.0 Å². The fraction of sp³-hybridized carbons (Fsp3) is 0.533. The molecule has 2 atom stereocenters. The summed E-state index contributed by atoms with van der Waals surface area (Å²) >= 11 is 0. The summed E-state index contributed by atoms with van der Waals surface area (Å²) in [5.41, 5.74) is 2.00. The molecule has 0 bridgehead atoms. The predicted octanol–water partition coefficient (Wildman–Crippen LogP) is 0.128. The minimum absolute atomic E-state index is 0.432. The van der Waals surface area contributed by atoms with Gasteiger partial charge in [-0.1, -0.05) is 6.07 Å². The maximum Gasteiger partial charge on any atom is 0.152 e. The zero-order chi connectivity index (χ0) is 14.4. The molecule has 2 unspecified atom stereocenters. The third kappa shape index (κ3) is 2.39. The number of anilines is 1. The van der Waals surface area contributed by atoms with Crippen LogP contribution in [0.1, 0.15) is 18.5 Å². The lowest BCUT2D eigenvalue weighted by Crippen LogP contribution is -2.25. The molecular formula is C15H20N4O2. The average molecular weight is 288 g/mol. The fourth-order valence-electron chi connectivity index (χ4n) is 2.92. The van der Waals surface area contributed by atoms with Crippen LogP contribution in [0.2, 0.25) is 0 Å². The fourth-order valence-corrected chi connectivity index (χ4v) is 2.92.